The number of carbonyl (C=O) groups is 1. The number of rotatable bonds is 4. The number of nitrogens with zero attached hydrogens (tertiary/aromatic N) is 1. The molecule has 0 fully saturated rings. The molecule has 0 unspecified atom stereocenters. The molecule has 1 aromatic heterocycles. The number of nitrogens with one attached hydrogen (secondary N) is 2. The molecule has 1 amide bonds. The Bertz CT molecular complexity index is 894. The number of carbonyl (C=O) groups excluding carboxylic acids is 1. The maximum absolute atomic E-state index is 12.6. The van der Waals surface area contributed by atoms with Gasteiger partial charge in [0.1, 0.15) is 5.82 Å². The molecule has 2 N–H and O–H groups in total. The smallest absolute Gasteiger partial charge is 0.340 e. The first kappa shape index (κ1) is 17.5. The van der Waals surface area contributed by atoms with Gasteiger partial charge in [0.15, 0.2) is 0 Å². The van der Waals surface area contributed by atoms with Gasteiger partial charge in [-0.2, -0.15) is 13.2 Å². The second-order valence-corrected chi connectivity index (χ2v) is 5.42. The third-order valence-electron chi connectivity index (χ3n) is 3.56. The van der Waals surface area contributed by atoms with Crippen molar-refractivity contribution >= 4 is 23.1 Å². The number of hydrogen-bond acceptors (Lipinski definition) is 3. The summed E-state index contributed by atoms with van der Waals surface area (Å²) in [5.74, 6) is -0.126. The number of pyridine rings is 1. The maximum atomic E-state index is 12.6. The average Bonchev–Trinajstić information content (AvgIpc) is 2.63. The van der Waals surface area contributed by atoms with Crippen LogP contribution >= 0.6 is 0 Å². The van der Waals surface area contributed by atoms with E-state index in [1.54, 1.807) is 18.3 Å². The van der Waals surface area contributed by atoms with Crippen LogP contribution in [0.3, 0.4) is 0 Å². The lowest BCUT2D eigenvalue weighted by molar-refractivity contribution is -0.137. The van der Waals surface area contributed by atoms with E-state index in [0.29, 0.717) is 5.82 Å². The van der Waals surface area contributed by atoms with Crippen molar-refractivity contribution in [2.24, 2.45) is 0 Å². The molecule has 132 valence electrons. The van der Waals surface area contributed by atoms with E-state index in [4.69, 9.17) is 0 Å². The Labute approximate surface area is 147 Å². The number of alkyl halides is 3. The van der Waals surface area contributed by atoms with Crippen molar-refractivity contribution in [1.29, 1.82) is 0 Å². The van der Waals surface area contributed by atoms with Gasteiger partial charge in [0.05, 0.1) is 11.1 Å². The fraction of sp³-hybridized carbons (Fsp3) is 0.0526. The minimum atomic E-state index is -4.42. The Kier molecular flexibility index (Phi) is 4.88. The minimum Gasteiger partial charge on any atom is -0.340 e. The second-order valence-electron chi connectivity index (χ2n) is 5.42. The fourth-order valence-electron chi connectivity index (χ4n) is 2.29. The molecule has 0 atom stereocenters. The molecule has 4 nitrogen and oxygen atoms in total. The van der Waals surface area contributed by atoms with Crippen molar-refractivity contribution in [3.63, 3.8) is 0 Å². The molecule has 0 bridgehead atoms. The SMILES string of the molecule is O=C(Nc1ccc(C(F)(F)F)cc1)c1cccnc1Nc1ccccc1. The summed E-state index contributed by atoms with van der Waals surface area (Å²) < 4.78 is 37.8. The number of aromatic nitrogens is 1. The molecule has 0 aliphatic carbocycles. The number of para-hydroxylation sites is 1. The molecule has 0 aliphatic rings. The van der Waals surface area contributed by atoms with Crippen LogP contribution < -0.4 is 10.6 Å². The largest absolute Gasteiger partial charge is 0.416 e. The summed E-state index contributed by atoms with van der Waals surface area (Å²) in [6.07, 6.45) is -2.88. The first-order valence-corrected chi connectivity index (χ1v) is 7.69. The van der Waals surface area contributed by atoms with Crippen molar-refractivity contribution in [3.8, 4) is 0 Å². The third kappa shape index (κ3) is 4.18. The average molecular weight is 357 g/mol. The van der Waals surface area contributed by atoms with Gasteiger partial charge in [0.2, 0.25) is 0 Å². The lowest BCUT2D eigenvalue weighted by Crippen LogP contribution is -2.15. The predicted molar refractivity (Wildman–Crippen MR) is 93.4 cm³/mol. The van der Waals surface area contributed by atoms with E-state index in [9.17, 15) is 18.0 Å². The molecule has 3 rings (SSSR count). The zero-order chi connectivity index (χ0) is 18.6. The Morgan fingerprint density at radius 2 is 1.54 bits per heavy atom. The molecular weight excluding hydrogens is 343 g/mol. The van der Waals surface area contributed by atoms with E-state index >= 15 is 0 Å². The molecule has 3 aromatic rings. The Morgan fingerprint density at radius 3 is 2.19 bits per heavy atom. The van der Waals surface area contributed by atoms with E-state index in [2.05, 4.69) is 15.6 Å². The summed E-state index contributed by atoms with van der Waals surface area (Å²) in [6.45, 7) is 0. The third-order valence-corrected chi connectivity index (χ3v) is 3.56. The van der Waals surface area contributed by atoms with Crippen LogP contribution in [0.2, 0.25) is 0 Å². The fourth-order valence-corrected chi connectivity index (χ4v) is 2.29. The summed E-state index contributed by atoms with van der Waals surface area (Å²) in [5, 5.41) is 5.62. The van der Waals surface area contributed by atoms with Gasteiger partial charge in [-0.1, -0.05) is 18.2 Å². The predicted octanol–water partition coefficient (Wildman–Crippen LogP) is 5.10. The molecular formula is C19H14F3N3O. The van der Waals surface area contributed by atoms with Crippen LogP contribution in [0.15, 0.2) is 72.9 Å². The quantitative estimate of drug-likeness (QED) is 0.683. The van der Waals surface area contributed by atoms with Gasteiger partial charge in [-0.15, -0.1) is 0 Å². The van der Waals surface area contributed by atoms with E-state index in [1.165, 1.54) is 12.1 Å². The number of halogens is 3. The lowest BCUT2D eigenvalue weighted by Gasteiger charge is -2.12. The van der Waals surface area contributed by atoms with Crippen molar-refractivity contribution in [2.45, 2.75) is 6.18 Å². The Morgan fingerprint density at radius 1 is 0.846 bits per heavy atom. The van der Waals surface area contributed by atoms with Crippen LogP contribution in [0.25, 0.3) is 0 Å². The van der Waals surface area contributed by atoms with Gasteiger partial charge < -0.3 is 10.6 Å². The van der Waals surface area contributed by atoms with Gasteiger partial charge in [0.25, 0.3) is 5.91 Å². The first-order valence-electron chi connectivity index (χ1n) is 7.69. The molecule has 26 heavy (non-hydrogen) atoms. The zero-order valence-electron chi connectivity index (χ0n) is 13.4. The highest BCUT2D eigenvalue weighted by atomic mass is 19.4. The van der Waals surface area contributed by atoms with Crippen LogP contribution in [0.1, 0.15) is 15.9 Å². The van der Waals surface area contributed by atoms with Crippen molar-refractivity contribution in [1.82, 2.24) is 4.98 Å². The zero-order valence-corrected chi connectivity index (χ0v) is 13.4. The van der Waals surface area contributed by atoms with E-state index in [1.807, 2.05) is 30.3 Å². The molecule has 0 radical (unpaired) electrons. The summed E-state index contributed by atoms with van der Waals surface area (Å²) in [7, 11) is 0. The first-order chi connectivity index (χ1) is 12.4. The van der Waals surface area contributed by atoms with Crippen LogP contribution in [-0.2, 0) is 6.18 Å². The van der Waals surface area contributed by atoms with Crippen LogP contribution in [0, 0.1) is 0 Å². The molecule has 2 aromatic carbocycles. The molecule has 7 heteroatoms. The van der Waals surface area contributed by atoms with Gasteiger partial charge in [-0.3, -0.25) is 4.79 Å². The van der Waals surface area contributed by atoms with Gasteiger partial charge in [-0.05, 0) is 48.5 Å². The number of anilines is 3. The normalized spacial score (nSPS) is 11.0. The van der Waals surface area contributed by atoms with Crippen LogP contribution in [0.4, 0.5) is 30.4 Å². The summed E-state index contributed by atoms with van der Waals surface area (Å²) in [4.78, 5) is 16.7. The summed E-state index contributed by atoms with van der Waals surface area (Å²) in [6, 6.07) is 16.6. The van der Waals surface area contributed by atoms with Gasteiger partial charge >= 0.3 is 6.18 Å². The highest BCUT2D eigenvalue weighted by Gasteiger charge is 2.30. The maximum Gasteiger partial charge on any atom is 0.416 e. The number of amides is 1. The topological polar surface area (TPSA) is 54.0 Å². The monoisotopic (exact) mass is 357 g/mol. The molecule has 0 saturated carbocycles. The standard InChI is InChI=1S/C19H14F3N3O/c20-19(21,22)13-8-10-15(11-9-13)25-18(26)16-7-4-12-23-17(16)24-14-5-2-1-3-6-14/h1-12H,(H,23,24)(H,25,26). The van der Waals surface area contributed by atoms with Crippen molar-refractivity contribution in [2.75, 3.05) is 10.6 Å². The summed E-state index contributed by atoms with van der Waals surface area (Å²) >= 11 is 0. The van der Waals surface area contributed by atoms with Crippen molar-refractivity contribution < 1.29 is 18.0 Å². The number of hydrogen-bond donors (Lipinski definition) is 2. The number of benzene rings is 2. The highest BCUT2D eigenvalue weighted by Crippen LogP contribution is 2.30. The minimum absolute atomic E-state index is 0.262. The second kappa shape index (κ2) is 7.26. The molecule has 0 saturated heterocycles. The molecule has 0 aliphatic heterocycles. The van der Waals surface area contributed by atoms with E-state index in [0.717, 1.165) is 17.8 Å². The molecule has 0 spiro atoms. The van der Waals surface area contributed by atoms with E-state index < -0.39 is 17.6 Å². The Hall–Kier alpha value is -3.35. The van der Waals surface area contributed by atoms with Gasteiger partial charge in [0, 0.05) is 17.6 Å². The highest BCUT2D eigenvalue weighted by molar-refractivity contribution is 6.07. The lowest BCUT2D eigenvalue weighted by atomic mass is 10.2. The van der Waals surface area contributed by atoms with E-state index in [-0.39, 0.29) is 11.3 Å². The van der Waals surface area contributed by atoms with Crippen LogP contribution in [0.5, 0.6) is 0 Å². The molecule has 1 heterocycles. The van der Waals surface area contributed by atoms with Gasteiger partial charge in [-0.25, -0.2) is 4.98 Å². The summed E-state index contributed by atoms with van der Waals surface area (Å²) in [5.41, 5.74) is 0.520. The van der Waals surface area contributed by atoms with Crippen molar-refractivity contribution in [3.05, 3.63) is 84.1 Å². The Balaban J connectivity index is 1.78. The van der Waals surface area contributed by atoms with Crippen LogP contribution in [-0.4, -0.2) is 10.9 Å².